The summed E-state index contributed by atoms with van der Waals surface area (Å²) in [6.07, 6.45) is 3.21. The Hall–Kier alpha value is -3.36. The maximum absolute atomic E-state index is 12.3. The molecule has 0 aliphatic carbocycles. The topological polar surface area (TPSA) is 119 Å². The Balaban J connectivity index is 1.86. The minimum absolute atomic E-state index is 0.00333. The lowest BCUT2D eigenvalue weighted by molar-refractivity contribution is 0.0697. The van der Waals surface area contributed by atoms with Gasteiger partial charge in [-0.1, -0.05) is 0 Å². The third kappa shape index (κ3) is 2.35. The highest BCUT2D eigenvalue weighted by Gasteiger charge is 2.16. The van der Waals surface area contributed by atoms with Gasteiger partial charge in [-0.2, -0.15) is 5.10 Å². The molecule has 1 aliphatic heterocycles. The van der Waals surface area contributed by atoms with Gasteiger partial charge >= 0.3 is 5.97 Å². The van der Waals surface area contributed by atoms with E-state index in [1.54, 1.807) is 12.1 Å². The molecule has 2 N–H and O–H groups in total. The van der Waals surface area contributed by atoms with Crippen molar-refractivity contribution in [2.75, 3.05) is 13.2 Å². The van der Waals surface area contributed by atoms with E-state index in [-0.39, 0.29) is 17.1 Å². The van der Waals surface area contributed by atoms with Crippen molar-refractivity contribution in [2.24, 2.45) is 0 Å². The van der Waals surface area contributed by atoms with E-state index in [9.17, 15) is 9.59 Å². The first kappa shape index (κ1) is 14.2. The zero-order chi connectivity index (χ0) is 16.7. The van der Waals surface area contributed by atoms with Gasteiger partial charge in [0.1, 0.15) is 0 Å². The highest BCUT2D eigenvalue weighted by molar-refractivity contribution is 5.87. The van der Waals surface area contributed by atoms with Crippen molar-refractivity contribution >= 4 is 16.9 Å². The van der Waals surface area contributed by atoms with Crippen molar-refractivity contribution in [2.45, 2.75) is 6.42 Å². The quantitative estimate of drug-likeness (QED) is 0.719. The summed E-state index contributed by atoms with van der Waals surface area (Å²) < 4.78 is 12.4. The zero-order valence-electron chi connectivity index (χ0n) is 12.4. The fourth-order valence-corrected chi connectivity index (χ4v) is 2.44. The molecule has 0 radical (unpaired) electrons. The number of ether oxygens (including phenoxy) is 2. The number of carboxylic acids is 1. The van der Waals surface area contributed by atoms with Crippen molar-refractivity contribution in [3.8, 4) is 17.4 Å². The van der Waals surface area contributed by atoms with Crippen LogP contribution < -0.4 is 15.0 Å². The van der Waals surface area contributed by atoms with Gasteiger partial charge in [-0.05, 0) is 6.07 Å². The highest BCUT2D eigenvalue weighted by atomic mass is 16.5. The van der Waals surface area contributed by atoms with Crippen LogP contribution in [0.4, 0.5) is 0 Å². The number of nitrogens with one attached hydrogen (secondary N) is 1. The monoisotopic (exact) mass is 328 g/mol. The maximum Gasteiger partial charge on any atom is 0.338 e. The van der Waals surface area contributed by atoms with Gasteiger partial charge in [0.25, 0.3) is 5.56 Å². The van der Waals surface area contributed by atoms with E-state index in [1.165, 1.54) is 17.1 Å². The van der Waals surface area contributed by atoms with Gasteiger partial charge in [0.15, 0.2) is 11.5 Å². The number of aromatic nitrogens is 4. The molecule has 0 unspecified atom stereocenters. The number of rotatable bonds is 2. The third-order valence-corrected chi connectivity index (χ3v) is 3.61. The van der Waals surface area contributed by atoms with Crippen molar-refractivity contribution in [1.82, 2.24) is 19.7 Å². The molecule has 24 heavy (non-hydrogen) atoms. The second-order valence-corrected chi connectivity index (χ2v) is 5.23. The van der Waals surface area contributed by atoms with Gasteiger partial charge < -0.3 is 14.6 Å². The number of H-pyrrole nitrogens is 1. The molecule has 0 saturated heterocycles. The second-order valence-electron chi connectivity index (χ2n) is 5.23. The highest BCUT2D eigenvalue weighted by Crippen LogP contribution is 2.32. The number of fused-ring (bicyclic) bond motifs is 2. The molecule has 0 spiro atoms. The van der Waals surface area contributed by atoms with E-state index >= 15 is 0 Å². The van der Waals surface area contributed by atoms with Crippen molar-refractivity contribution in [3.05, 3.63) is 40.4 Å². The first-order valence-electron chi connectivity index (χ1n) is 7.24. The Labute approximate surface area is 134 Å². The number of benzene rings is 1. The van der Waals surface area contributed by atoms with Gasteiger partial charge in [0, 0.05) is 18.7 Å². The van der Waals surface area contributed by atoms with Gasteiger partial charge in [-0.25, -0.2) is 14.5 Å². The molecular weight excluding hydrogens is 316 g/mol. The summed E-state index contributed by atoms with van der Waals surface area (Å²) in [6, 6.07) is 3.23. The van der Waals surface area contributed by atoms with Gasteiger partial charge in [-0.15, -0.1) is 0 Å². The number of hydrogen-bond donors (Lipinski definition) is 2. The predicted molar refractivity (Wildman–Crippen MR) is 82.1 cm³/mol. The summed E-state index contributed by atoms with van der Waals surface area (Å²) >= 11 is 0. The van der Waals surface area contributed by atoms with E-state index in [0.717, 1.165) is 6.42 Å². The molecule has 0 saturated carbocycles. The van der Waals surface area contributed by atoms with Crippen LogP contribution in [0.5, 0.6) is 11.5 Å². The van der Waals surface area contributed by atoms with E-state index in [1.807, 2.05) is 0 Å². The molecule has 1 aromatic carbocycles. The Kier molecular flexibility index (Phi) is 3.19. The molecule has 0 bridgehead atoms. The van der Waals surface area contributed by atoms with Crippen LogP contribution in [-0.2, 0) is 0 Å². The Morgan fingerprint density at radius 2 is 2.00 bits per heavy atom. The molecule has 0 fully saturated rings. The number of aromatic amines is 1. The predicted octanol–water partition coefficient (Wildman–Crippen LogP) is 0.968. The molecule has 2 aromatic heterocycles. The average Bonchev–Trinajstić information content (AvgIpc) is 2.94. The van der Waals surface area contributed by atoms with Crippen LogP contribution in [-0.4, -0.2) is 44.0 Å². The first-order chi connectivity index (χ1) is 11.6. The molecule has 122 valence electrons. The van der Waals surface area contributed by atoms with E-state index < -0.39 is 5.97 Å². The van der Waals surface area contributed by atoms with Gasteiger partial charge in [0.2, 0.25) is 5.95 Å². The van der Waals surface area contributed by atoms with Crippen LogP contribution in [0.25, 0.3) is 16.9 Å². The maximum atomic E-state index is 12.3. The summed E-state index contributed by atoms with van der Waals surface area (Å²) in [7, 11) is 0. The molecule has 3 heterocycles. The van der Waals surface area contributed by atoms with Crippen molar-refractivity contribution in [3.63, 3.8) is 0 Å². The van der Waals surface area contributed by atoms with Gasteiger partial charge in [0.05, 0.1) is 35.9 Å². The summed E-state index contributed by atoms with van der Waals surface area (Å²) in [6.45, 7) is 1.04. The molecule has 4 rings (SSSR count). The lowest BCUT2D eigenvalue weighted by Crippen LogP contribution is -2.14. The summed E-state index contributed by atoms with van der Waals surface area (Å²) in [5.74, 6) is 0.0396. The minimum atomic E-state index is -1.11. The number of carboxylic acid groups (broad SMARTS) is 1. The molecule has 0 atom stereocenters. The fraction of sp³-hybridized carbons (Fsp3) is 0.200. The van der Waals surface area contributed by atoms with Crippen LogP contribution in [0.3, 0.4) is 0 Å². The molecule has 0 amide bonds. The van der Waals surface area contributed by atoms with Crippen LogP contribution in [0.15, 0.2) is 29.3 Å². The Morgan fingerprint density at radius 1 is 1.25 bits per heavy atom. The van der Waals surface area contributed by atoms with E-state index in [4.69, 9.17) is 14.6 Å². The number of carbonyl (C=O) groups is 1. The SMILES string of the molecule is O=C(O)c1cnn(-c2nc3cc4c(cc3c(=O)[nH]2)OCCCO4)c1. The normalized spacial score (nSPS) is 13.7. The summed E-state index contributed by atoms with van der Waals surface area (Å²) in [5, 5.41) is 13.2. The molecule has 9 heteroatoms. The number of nitrogens with zero attached hydrogens (tertiary/aromatic N) is 3. The fourth-order valence-electron chi connectivity index (χ4n) is 2.44. The number of aromatic carboxylic acids is 1. The number of hydrogen-bond acceptors (Lipinski definition) is 6. The smallest absolute Gasteiger partial charge is 0.338 e. The minimum Gasteiger partial charge on any atom is -0.490 e. The Bertz CT molecular complexity index is 1010. The molecular formula is C15H12N4O5. The van der Waals surface area contributed by atoms with Crippen LogP contribution >= 0.6 is 0 Å². The van der Waals surface area contributed by atoms with Crippen LogP contribution in [0.2, 0.25) is 0 Å². The molecule has 1 aliphatic rings. The van der Waals surface area contributed by atoms with Crippen LogP contribution in [0, 0.1) is 0 Å². The molecule has 3 aromatic rings. The lowest BCUT2D eigenvalue weighted by Gasteiger charge is -2.09. The lowest BCUT2D eigenvalue weighted by atomic mass is 10.2. The van der Waals surface area contributed by atoms with Crippen LogP contribution in [0.1, 0.15) is 16.8 Å². The average molecular weight is 328 g/mol. The van der Waals surface area contributed by atoms with Crippen molar-refractivity contribution in [1.29, 1.82) is 0 Å². The molecule has 9 nitrogen and oxygen atoms in total. The van der Waals surface area contributed by atoms with Gasteiger partial charge in [-0.3, -0.25) is 9.78 Å². The second kappa shape index (κ2) is 5.37. The zero-order valence-corrected chi connectivity index (χ0v) is 12.4. The summed E-state index contributed by atoms with van der Waals surface area (Å²) in [4.78, 5) is 30.2. The standard InChI is InChI=1S/C15H12N4O5/c20-13-9-4-11-12(24-3-1-2-23-11)5-10(9)17-15(18-13)19-7-8(6-16-19)14(21)22/h4-7H,1-3H2,(H,21,22)(H,17,18,20). The summed E-state index contributed by atoms with van der Waals surface area (Å²) in [5.41, 5.74) is 0.0276. The van der Waals surface area contributed by atoms with E-state index in [0.29, 0.717) is 35.6 Å². The van der Waals surface area contributed by atoms with Crippen molar-refractivity contribution < 1.29 is 19.4 Å². The largest absolute Gasteiger partial charge is 0.490 e. The Morgan fingerprint density at radius 3 is 2.71 bits per heavy atom. The first-order valence-corrected chi connectivity index (χ1v) is 7.24. The third-order valence-electron chi connectivity index (χ3n) is 3.61. The van der Waals surface area contributed by atoms with E-state index in [2.05, 4.69) is 15.1 Å².